The summed E-state index contributed by atoms with van der Waals surface area (Å²) in [6.07, 6.45) is 6.54. The first-order valence-corrected chi connectivity index (χ1v) is 9.75. The zero-order valence-corrected chi connectivity index (χ0v) is 14.6. The van der Waals surface area contributed by atoms with Crippen molar-refractivity contribution in [1.29, 1.82) is 0 Å². The van der Waals surface area contributed by atoms with Crippen LogP contribution in [0.15, 0.2) is 16.8 Å². The summed E-state index contributed by atoms with van der Waals surface area (Å²) in [4.78, 5) is 14.7. The van der Waals surface area contributed by atoms with Crippen LogP contribution in [-0.4, -0.2) is 32.2 Å². The fourth-order valence-electron chi connectivity index (χ4n) is 3.69. The second-order valence-corrected chi connectivity index (χ2v) is 7.36. The molecule has 1 fully saturated rings. The van der Waals surface area contributed by atoms with Crippen LogP contribution in [0, 0.1) is 0 Å². The first-order valence-electron chi connectivity index (χ1n) is 8.80. The minimum atomic E-state index is 0.0130. The highest BCUT2D eigenvalue weighted by Gasteiger charge is 2.32. The zero-order valence-electron chi connectivity index (χ0n) is 13.8. The molecule has 0 bridgehead atoms. The van der Waals surface area contributed by atoms with Gasteiger partial charge in [0, 0.05) is 26.1 Å². The molecular weight excluding hydrogens is 322 g/mol. The number of amides is 2. The Bertz CT molecular complexity index is 696. The molecule has 2 aliphatic rings. The summed E-state index contributed by atoms with van der Waals surface area (Å²) in [6.45, 7) is 2.37. The third-order valence-electron chi connectivity index (χ3n) is 4.97. The number of urea groups is 1. The van der Waals surface area contributed by atoms with Crippen molar-refractivity contribution in [3.63, 3.8) is 0 Å². The van der Waals surface area contributed by atoms with Gasteiger partial charge in [0.15, 0.2) is 5.82 Å². The van der Waals surface area contributed by atoms with E-state index in [4.69, 9.17) is 0 Å². The van der Waals surface area contributed by atoms with Gasteiger partial charge in [0.1, 0.15) is 5.82 Å². The average Bonchev–Trinajstić information content (AvgIpc) is 3.29. The second kappa shape index (κ2) is 6.93. The van der Waals surface area contributed by atoms with Gasteiger partial charge < -0.3 is 14.8 Å². The Morgan fingerprint density at radius 3 is 3.04 bits per heavy atom. The predicted molar refractivity (Wildman–Crippen MR) is 92.8 cm³/mol. The Labute approximate surface area is 145 Å². The fourth-order valence-corrected chi connectivity index (χ4v) is 4.36. The van der Waals surface area contributed by atoms with Crippen LogP contribution in [0.2, 0.25) is 0 Å². The molecular formula is C17H23N5OS. The number of carbonyl (C=O) groups is 1. The summed E-state index contributed by atoms with van der Waals surface area (Å²) in [5, 5.41) is 16.0. The highest BCUT2D eigenvalue weighted by atomic mass is 32.1. The van der Waals surface area contributed by atoms with Crippen LogP contribution < -0.4 is 5.32 Å². The molecule has 6 nitrogen and oxygen atoms in total. The molecule has 2 aromatic rings. The maximum Gasteiger partial charge on any atom is 0.318 e. The lowest BCUT2D eigenvalue weighted by Gasteiger charge is -2.35. The van der Waals surface area contributed by atoms with Crippen molar-refractivity contribution in [2.45, 2.75) is 57.7 Å². The summed E-state index contributed by atoms with van der Waals surface area (Å²) in [5.41, 5.74) is 1.15. The second-order valence-electron chi connectivity index (χ2n) is 6.58. The van der Waals surface area contributed by atoms with Crippen molar-refractivity contribution in [3.05, 3.63) is 34.0 Å². The molecule has 24 heavy (non-hydrogen) atoms. The van der Waals surface area contributed by atoms with Gasteiger partial charge in [0.2, 0.25) is 0 Å². The Hall–Kier alpha value is -1.89. The van der Waals surface area contributed by atoms with Crippen molar-refractivity contribution < 1.29 is 4.79 Å². The van der Waals surface area contributed by atoms with Crippen molar-refractivity contribution in [3.8, 4) is 0 Å². The smallest absolute Gasteiger partial charge is 0.318 e. The number of thiophene rings is 1. The minimum Gasteiger partial charge on any atom is -0.334 e. The van der Waals surface area contributed by atoms with E-state index in [9.17, 15) is 4.79 Å². The molecule has 1 atom stereocenters. The molecule has 128 valence electrons. The maximum absolute atomic E-state index is 12.7. The molecule has 2 aliphatic heterocycles. The number of rotatable bonds is 3. The quantitative estimate of drug-likeness (QED) is 0.930. The van der Waals surface area contributed by atoms with Crippen LogP contribution in [0.5, 0.6) is 0 Å². The molecule has 0 spiro atoms. The molecule has 1 saturated heterocycles. The van der Waals surface area contributed by atoms with Crippen molar-refractivity contribution in [1.82, 2.24) is 25.0 Å². The lowest BCUT2D eigenvalue weighted by atomic mass is 10.0. The van der Waals surface area contributed by atoms with Gasteiger partial charge in [-0.2, -0.15) is 11.3 Å². The topological polar surface area (TPSA) is 63.1 Å². The first-order chi connectivity index (χ1) is 11.8. The Kier molecular flexibility index (Phi) is 4.51. The van der Waals surface area contributed by atoms with Crippen molar-refractivity contribution >= 4 is 17.4 Å². The van der Waals surface area contributed by atoms with Crippen molar-refractivity contribution in [2.75, 3.05) is 6.54 Å². The van der Waals surface area contributed by atoms with Gasteiger partial charge in [-0.05, 0) is 54.5 Å². The van der Waals surface area contributed by atoms with Gasteiger partial charge in [0.25, 0.3) is 0 Å². The largest absolute Gasteiger partial charge is 0.334 e. The number of nitrogens with zero attached hydrogens (tertiary/aromatic N) is 4. The van der Waals surface area contributed by atoms with E-state index in [1.165, 1.54) is 12.8 Å². The highest BCUT2D eigenvalue weighted by molar-refractivity contribution is 7.07. The maximum atomic E-state index is 12.7. The van der Waals surface area contributed by atoms with E-state index >= 15 is 0 Å². The van der Waals surface area contributed by atoms with Crippen LogP contribution in [0.25, 0.3) is 0 Å². The summed E-state index contributed by atoms with van der Waals surface area (Å²) in [7, 11) is 0. The summed E-state index contributed by atoms with van der Waals surface area (Å²) >= 11 is 1.65. The van der Waals surface area contributed by atoms with Crippen LogP contribution in [0.1, 0.15) is 55.4 Å². The molecule has 0 aliphatic carbocycles. The Morgan fingerprint density at radius 2 is 2.17 bits per heavy atom. The fraction of sp³-hybridized carbons (Fsp3) is 0.588. The number of hydrogen-bond donors (Lipinski definition) is 1. The zero-order chi connectivity index (χ0) is 16.4. The predicted octanol–water partition coefficient (Wildman–Crippen LogP) is 3.11. The van der Waals surface area contributed by atoms with Gasteiger partial charge in [0.05, 0.1) is 6.04 Å². The summed E-state index contributed by atoms with van der Waals surface area (Å²) < 4.78 is 2.25. The van der Waals surface area contributed by atoms with Gasteiger partial charge in [-0.3, -0.25) is 0 Å². The number of aryl methyl sites for hydroxylation is 1. The number of fused-ring (bicyclic) bond motifs is 1. The minimum absolute atomic E-state index is 0.0130. The normalized spacial score (nSPS) is 20.7. The van der Waals surface area contributed by atoms with E-state index in [1.807, 2.05) is 16.3 Å². The number of carbonyl (C=O) groups excluding carboxylic acids is 1. The SMILES string of the molecule is O=C(NCc1ccsc1)N1CCCC[C@H]1c1nnc2n1CCCC2. The summed E-state index contributed by atoms with van der Waals surface area (Å²) in [6, 6.07) is 2.12. The van der Waals surface area contributed by atoms with Crippen LogP contribution in [0.3, 0.4) is 0 Å². The molecule has 0 saturated carbocycles. The van der Waals surface area contributed by atoms with E-state index in [2.05, 4.69) is 25.5 Å². The Morgan fingerprint density at radius 1 is 1.25 bits per heavy atom. The monoisotopic (exact) mass is 345 g/mol. The third-order valence-corrected chi connectivity index (χ3v) is 5.71. The molecule has 4 heterocycles. The van der Waals surface area contributed by atoms with Crippen LogP contribution >= 0.6 is 11.3 Å². The molecule has 0 unspecified atom stereocenters. The molecule has 2 aromatic heterocycles. The van der Waals surface area contributed by atoms with E-state index < -0.39 is 0 Å². The molecule has 4 rings (SSSR count). The van der Waals surface area contributed by atoms with Gasteiger partial charge in [-0.25, -0.2) is 4.79 Å². The van der Waals surface area contributed by atoms with Gasteiger partial charge in [-0.15, -0.1) is 10.2 Å². The van der Waals surface area contributed by atoms with E-state index in [0.29, 0.717) is 6.54 Å². The lowest BCUT2D eigenvalue weighted by molar-refractivity contribution is 0.144. The number of likely N-dealkylation sites (tertiary alicyclic amines) is 1. The third kappa shape index (κ3) is 3.05. The van der Waals surface area contributed by atoms with Crippen molar-refractivity contribution in [2.24, 2.45) is 0 Å². The number of piperidine rings is 1. The van der Waals surface area contributed by atoms with E-state index in [0.717, 1.165) is 56.0 Å². The van der Waals surface area contributed by atoms with Crippen LogP contribution in [0.4, 0.5) is 4.79 Å². The molecule has 7 heteroatoms. The Balaban J connectivity index is 1.50. The molecule has 0 radical (unpaired) electrons. The van der Waals surface area contributed by atoms with Crippen LogP contribution in [-0.2, 0) is 19.5 Å². The van der Waals surface area contributed by atoms with E-state index in [-0.39, 0.29) is 12.1 Å². The number of nitrogens with one attached hydrogen (secondary N) is 1. The standard InChI is InChI=1S/C17H23N5OS/c23-17(18-11-13-7-10-24-12-13)21-8-3-1-5-14(21)16-20-19-15-6-2-4-9-22(15)16/h7,10,12,14H,1-6,8-9,11H2,(H,18,23)/t14-/m0/s1. The first kappa shape index (κ1) is 15.6. The van der Waals surface area contributed by atoms with Gasteiger partial charge >= 0.3 is 6.03 Å². The lowest BCUT2D eigenvalue weighted by Crippen LogP contribution is -2.45. The average molecular weight is 345 g/mol. The number of hydrogen-bond acceptors (Lipinski definition) is 4. The van der Waals surface area contributed by atoms with Gasteiger partial charge in [-0.1, -0.05) is 0 Å². The highest BCUT2D eigenvalue weighted by Crippen LogP contribution is 2.31. The van der Waals surface area contributed by atoms with E-state index in [1.54, 1.807) is 11.3 Å². The molecule has 1 N–H and O–H groups in total. The summed E-state index contributed by atoms with van der Waals surface area (Å²) in [5.74, 6) is 2.07. The molecule has 2 amide bonds. The number of aromatic nitrogens is 3. The molecule has 0 aromatic carbocycles.